The highest BCUT2D eigenvalue weighted by atomic mass is 35.5. The molecule has 1 aromatic carbocycles. The molecule has 0 radical (unpaired) electrons. The Morgan fingerprint density at radius 2 is 1.83 bits per heavy atom. The molecule has 35 heavy (non-hydrogen) atoms. The number of hydrogen-bond donors (Lipinski definition) is 0. The van der Waals surface area contributed by atoms with Crippen LogP contribution in [-0.4, -0.2) is 26.5 Å². The zero-order chi connectivity index (χ0) is 26.1. The van der Waals surface area contributed by atoms with Crippen LogP contribution in [0.25, 0.3) is 5.69 Å². The summed E-state index contributed by atoms with van der Waals surface area (Å²) < 4.78 is 73.7. The van der Waals surface area contributed by atoms with Crippen molar-refractivity contribution < 1.29 is 31.5 Å². The molecule has 0 amide bonds. The molecule has 0 N–H and O–H groups in total. The molecule has 186 valence electrons. The van der Waals surface area contributed by atoms with Crippen LogP contribution in [0.15, 0.2) is 49.8 Å². The molecule has 0 fully saturated rings. The summed E-state index contributed by atoms with van der Waals surface area (Å²) in [5.74, 6) is -2.13. The van der Waals surface area contributed by atoms with E-state index in [-0.39, 0.29) is 54.7 Å². The maximum absolute atomic E-state index is 14.7. The largest absolute Gasteiger partial charge is 0.476 e. The number of nitrogens with zero attached hydrogens (tertiary/aromatic N) is 3. The number of rotatable bonds is 7. The average Bonchev–Trinajstić information content (AvgIpc) is 2.74. The van der Waals surface area contributed by atoms with Gasteiger partial charge in [-0.3, -0.25) is 14.2 Å². The highest BCUT2D eigenvalue weighted by molar-refractivity contribution is 7.99. The molecule has 0 aliphatic heterocycles. The zero-order valence-electron chi connectivity index (χ0n) is 18.0. The summed E-state index contributed by atoms with van der Waals surface area (Å²) in [4.78, 5) is 39.9. The lowest BCUT2D eigenvalue weighted by Crippen LogP contribution is -2.41. The summed E-state index contributed by atoms with van der Waals surface area (Å²) in [6, 6.07) is 2.91. The lowest BCUT2D eigenvalue weighted by atomic mass is 10.3. The van der Waals surface area contributed by atoms with E-state index in [4.69, 9.17) is 16.3 Å². The molecule has 0 spiro atoms. The predicted octanol–water partition coefficient (Wildman–Crippen LogP) is 4.39. The fourth-order valence-corrected chi connectivity index (χ4v) is 4.09. The van der Waals surface area contributed by atoms with Crippen molar-refractivity contribution in [2.45, 2.75) is 29.3 Å². The van der Waals surface area contributed by atoms with Crippen LogP contribution in [0.1, 0.15) is 19.0 Å². The van der Waals surface area contributed by atoms with Gasteiger partial charge in [-0.1, -0.05) is 23.4 Å². The number of carbonyl (C=O) groups is 1. The number of benzene rings is 1. The van der Waals surface area contributed by atoms with Gasteiger partial charge >= 0.3 is 11.9 Å². The topological polar surface area (TPSA) is 83.2 Å². The average molecular weight is 536 g/mol. The molecule has 7 nitrogen and oxygen atoms in total. The van der Waals surface area contributed by atoms with Gasteiger partial charge in [-0.15, -0.1) is 0 Å². The van der Waals surface area contributed by atoms with Gasteiger partial charge in [-0.25, -0.2) is 23.1 Å². The van der Waals surface area contributed by atoms with Gasteiger partial charge in [-0.05, 0) is 25.1 Å². The number of Topliss-reactive ketones (excluding diaryl/α,β-unsaturated/α-hetero) is 1. The summed E-state index contributed by atoms with van der Waals surface area (Å²) in [6.45, 7) is 1.30. The summed E-state index contributed by atoms with van der Waals surface area (Å²) in [6.07, 6.45) is -4.06. The predicted molar refractivity (Wildman–Crippen MR) is 116 cm³/mol. The minimum absolute atomic E-state index is 0.0146. The van der Waals surface area contributed by atoms with Crippen molar-refractivity contribution >= 4 is 29.1 Å². The first-order valence-electron chi connectivity index (χ1n) is 9.65. The number of halogens is 6. The molecule has 0 aliphatic carbocycles. The zero-order valence-corrected chi connectivity index (χ0v) is 19.5. The van der Waals surface area contributed by atoms with Gasteiger partial charge < -0.3 is 4.74 Å². The fraction of sp³-hybridized carbons (Fsp3) is 0.238. The van der Waals surface area contributed by atoms with Gasteiger partial charge in [0.25, 0.3) is 5.56 Å². The van der Waals surface area contributed by atoms with E-state index >= 15 is 0 Å². The number of aromatic nitrogens is 3. The van der Waals surface area contributed by atoms with Crippen molar-refractivity contribution in [3.05, 3.63) is 73.7 Å². The second-order valence-corrected chi connectivity index (χ2v) is 8.63. The Kier molecular flexibility index (Phi) is 7.70. The highest BCUT2D eigenvalue weighted by Crippen LogP contribution is 2.39. The molecule has 14 heteroatoms. The first-order valence-corrected chi connectivity index (χ1v) is 10.8. The lowest BCUT2D eigenvalue weighted by molar-refractivity contribution is -0.144. The van der Waals surface area contributed by atoms with E-state index in [0.29, 0.717) is 0 Å². The first-order chi connectivity index (χ1) is 16.3. The Balaban J connectivity index is 2.09. The smallest absolute Gasteiger partial charge is 0.431 e. The maximum Gasteiger partial charge on any atom is 0.431 e. The molecule has 0 bridgehead atoms. The van der Waals surface area contributed by atoms with E-state index in [0.717, 1.165) is 43.2 Å². The third-order valence-electron chi connectivity index (χ3n) is 4.55. The van der Waals surface area contributed by atoms with Crippen LogP contribution in [-0.2, 0) is 18.0 Å². The van der Waals surface area contributed by atoms with Gasteiger partial charge in [0.1, 0.15) is 23.1 Å². The molecule has 3 rings (SSSR count). The van der Waals surface area contributed by atoms with Crippen molar-refractivity contribution in [1.82, 2.24) is 14.1 Å². The number of pyridine rings is 1. The van der Waals surface area contributed by atoms with Gasteiger partial charge in [-0.2, -0.15) is 13.2 Å². The first kappa shape index (κ1) is 26.4. The molecule has 0 unspecified atom stereocenters. The second kappa shape index (κ2) is 10.2. The molecular weight excluding hydrogens is 521 g/mol. The van der Waals surface area contributed by atoms with Crippen molar-refractivity contribution in [2.24, 2.45) is 7.05 Å². The van der Waals surface area contributed by atoms with Crippen LogP contribution in [0.5, 0.6) is 5.88 Å². The molecule has 0 saturated heterocycles. The maximum atomic E-state index is 14.7. The normalized spacial score (nSPS) is 11.5. The van der Waals surface area contributed by atoms with E-state index in [1.807, 2.05) is 0 Å². The fourth-order valence-electron chi connectivity index (χ4n) is 2.89. The standard InChI is InChI=1S/C21H15ClF5N3O4S/c1-10(31)3-4-34-19-16(5-11(23)9-28-19)35-15-7-14(13(24)6-12(15)22)30-18(32)8-17(21(25,26)27)29(2)20(30)33/h5-9H,3-4H2,1-2H3. The van der Waals surface area contributed by atoms with E-state index < -0.39 is 40.4 Å². The summed E-state index contributed by atoms with van der Waals surface area (Å²) in [5, 5.41) is -0.202. The Morgan fingerprint density at radius 1 is 1.14 bits per heavy atom. The number of alkyl halides is 3. The van der Waals surface area contributed by atoms with Gasteiger partial charge in [0, 0.05) is 24.4 Å². The van der Waals surface area contributed by atoms with Gasteiger partial charge in [0.15, 0.2) is 0 Å². The van der Waals surface area contributed by atoms with Crippen molar-refractivity contribution in [3.63, 3.8) is 0 Å². The van der Waals surface area contributed by atoms with E-state index in [2.05, 4.69) is 4.98 Å². The number of hydrogen-bond acceptors (Lipinski definition) is 6. The Morgan fingerprint density at radius 3 is 2.46 bits per heavy atom. The highest BCUT2D eigenvalue weighted by Gasteiger charge is 2.35. The van der Waals surface area contributed by atoms with E-state index in [1.165, 1.54) is 6.92 Å². The van der Waals surface area contributed by atoms with Gasteiger partial charge in [0.2, 0.25) is 5.88 Å². The number of ether oxygens (including phenoxy) is 1. The van der Waals surface area contributed by atoms with Crippen molar-refractivity contribution in [1.29, 1.82) is 0 Å². The molecule has 0 atom stereocenters. The van der Waals surface area contributed by atoms with Crippen molar-refractivity contribution in [3.8, 4) is 11.6 Å². The SMILES string of the molecule is CC(=O)CCOc1ncc(F)cc1Sc1cc(-n2c(=O)cc(C(F)(F)F)n(C)c2=O)c(F)cc1Cl. The van der Waals surface area contributed by atoms with Crippen LogP contribution >= 0.6 is 23.4 Å². The molecule has 0 saturated carbocycles. The van der Waals surface area contributed by atoms with Crippen LogP contribution in [0, 0.1) is 11.6 Å². The molecule has 2 heterocycles. The minimum atomic E-state index is -4.99. The lowest BCUT2D eigenvalue weighted by Gasteiger charge is -2.15. The number of carbonyl (C=O) groups excluding carboxylic acids is 1. The van der Waals surface area contributed by atoms with E-state index in [9.17, 15) is 36.3 Å². The van der Waals surface area contributed by atoms with Crippen LogP contribution in [0.3, 0.4) is 0 Å². The third-order valence-corrected chi connectivity index (χ3v) is 6.05. The molecule has 2 aromatic heterocycles. The molecule has 3 aromatic rings. The quantitative estimate of drug-likeness (QED) is 0.417. The van der Waals surface area contributed by atoms with Crippen LogP contribution in [0.4, 0.5) is 22.0 Å². The van der Waals surface area contributed by atoms with Crippen LogP contribution < -0.4 is 16.0 Å². The Bertz CT molecular complexity index is 1420. The van der Waals surface area contributed by atoms with Crippen LogP contribution in [0.2, 0.25) is 5.02 Å². The Labute approximate surface area is 203 Å². The Hall–Kier alpha value is -3.19. The van der Waals surface area contributed by atoms with Gasteiger partial charge in [0.05, 0.1) is 28.4 Å². The molecule has 0 aliphatic rings. The summed E-state index contributed by atoms with van der Waals surface area (Å²) in [5.41, 5.74) is -5.04. The second-order valence-electron chi connectivity index (χ2n) is 7.14. The number of ketones is 1. The minimum Gasteiger partial charge on any atom is -0.476 e. The third kappa shape index (κ3) is 5.90. The monoisotopic (exact) mass is 535 g/mol. The van der Waals surface area contributed by atoms with Crippen molar-refractivity contribution in [2.75, 3.05) is 6.61 Å². The summed E-state index contributed by atoms with van der Waals surface area (Å²) >= 11 is 6.83. The summed E-state index contributed by atoms with van der Waals surface area (Å²) in [7, 11) is 0.785. The van der Waals surface area contributed by atoms with E-state index in [1.54, 1.807) is 0 Å². The molecular formula is C21H15ClF5N3O4S.